The van der Waals surface area contributed by atoms with E-state index in [1.54, 1.807) is 0 Å². The molecule has 0 spiro atoms. The summed E-state index contributed by atoms with van der Waals surface area (Å²) in [7, 11) is 0. The van der Waals surface area contributed by atoms with Crippen molar-refractivity contribution in [2.24, 2.45) is 0 Å². The van der Waals surface area contributed by atoms with Crippen molar-refractivity contribution < 1.29 is 72.8 Å². The molecule has 0 unspecified atom stereocenters. The second kappa shape index (κ2) is 148. The van der Waals surface area contributed by atoms with Crippen LogP contribution in [0.25, 0.3) is 0 Å². The Balaban J connectivity index is -0.0000000125. The van der Waals surface area contributed by atoms with Crippen molar-refractivity contribution in [2.75, 3.05) is 39.6 Å². The van der Waals surface area contributed by atoms with Crippen LogP contribution in [0.3, 0.4) is 0 Å². The first kappa shape index (κ1) is 77.2. The Labute approximate surface area is 221 Å². The minimum Gasteiger partial charge on any atom is -0.396 e. The van der Waals surface area contributed by atoms with Crippen LogP contribution in [0.2, 0.25) is 0 Å². The molecule has 8 heteroatoms. The van der Waals surface area contributed by atoms with Crippen LogP contribution in [-0.2, 0) is 42.1 Å². The van der Waals surface area contributed by atoms with Gasteiger partial charge in [0.05, 0.1) is 0 Å². The maximum absolute atomic E-state index is 7.88. The summed E-state index contributed by atoms with van der Waals surface area (Å²) in [4.78, 5) is 0. The normalized spacial score (nSPS) is 6.00. The molecule has 0 amide bonds. The van der Waals surface area contributed by atoms with Crippen LogP contribution >= 0.6 is 0 Å². The SMILES string of the molecule is CCCO.CCCO.CCCO.CCCO.CCCO.CCCO.[CH3-].[CH3-].[CH3-].[CH3-].[W+2].[W+2]. The molecule has 30 heavy (non-hydrogen) atoms. The molecule has 0 heterocycles. The van der Waals surface area contributed by atoms with E-state index in [1.165, 1.54) is 0 Å². The average Bonchev–Trinajstić information content (AvgIpc) is 2.68. The summed E-state index contributed by atoms with van der Waals surface area (Å²) in [6, 6.07) is 0. The molecule has 0 rings (SSSR count). The number of aliphatic hydroxyl groups excluding tert-OH is 6. The zero-order valence-corrected chi connectivity index (χ0v) is 27.9. The van der Waals surface area contributed by atoms with Gasteiger partial charge in [0.2, 0.25) is 0 Å². The quantitative estimate of drug-likeness (QED) is 0.226. The fraction of sp³-hybridized carbons (Fsp3) is 0.818. The van der Waals surface area contributed by atoms with Gasteiger partial charge in [-0.05, 0) is 38.5 Å². The first-order valence-corrected chi connectivity index (χ1v) is 9.14. The largest absolute Gasteiger partial charge is 2.00 e. The average molecular weight is 788 g/mol. The van der Waals surface area contributed by atoms with Gasteiger partial charge in [-0.25, -0.2) is 0 Å². The second-order valence-corrected chi connectivity index (χ2v) is 4.34. The van der Waals surface area contributed by atoms with Gasteiger partial charge in [-0.3, -0.25) is 0 Å². The Morgan fingerprint density at radius 1 is 0.300 bits per heavy atom. The maximum atomic E-state index is 7.88. The molecule has 0 saturated heterocycles. The zero-order chi connectivity index (χ0) is 20.5. The van der Waals surface area contributed by atoms with Gasteiger partial charge in [-0.2, -0.15) is 0 Å². The number of hydrogen-bond donors (Lipinski definition) is 6. The van der Waals surface area contributed by atoms with E-state index < -0.39 is 0 Å². The Morgan fingerprint density at radius 2 is 0.333 bits per heavy atom. The molecule has 0 fully saturated rings. The summed E-state index contributed by atoms with van der Waals surface area (Å²) >= 11 is 0. The van der Waals surface area contributed by atoms with E-state index in [4.69, 9.17) is 30.6 Å². The number of rotatable bonds is 6. The Morgan fingerprint density at radius 3 is 0.333 bits per heavy atom. The van der Waals surface area contributed by atoms with Gasteiger partial charge < -0.3 is 60.3 Å². The van der Waals surface area contributed by atoms with E-state index in [0.717, 1.165) is 38.5 Å². The maximum Gasteiger partial charge on any atom is 2.00 e. The Bertz CT molecular complexity index is 74.6. The summed E-state index contributed by atoms with van der Waals surface area (Å²) in [5.41, 5.74) is 0. The van der Waals surface area contributed by atoms with E-state index in [2.05, 4.69) is 0 Å². The third kappa shape index (κ3) is 453. The van der Waals surface area contributed by atoms with Crippen LogP contribution in [0.4, 0.5) is 0 Å². The molecule has 0 aliphatic carbocycles. The zero-order valence-electron chi connectivity index (χ0n) is 22.0. The van der Waals surface area contributed by atoms with Crippen molar-refractivity contribution >= 4 is 0 Å². The van der Waals surface area contributed by atoms with Crippen molar-refractivity contribution in [1.29, 1.82) is 0 Å². The van der Waals surface area contributed by atoms with E-state index in [-0.39, 0.29) is 71.8 Å². The minimum absolute atomic E-state index is 0. The predicted molar refractivity (Wildman–Crippen MR) is 130 cm³/mol. The molecule has 196 valence electrons. The standard InChI is InChI=1S/6C3H8O.4CH3.2W/c6*1-2-3-4;;;;;;/h6*4H,2-3H2,1H3;4*1H3;;/q;;;;;;4*-1;2*+2. The van der Waals surface area contributed by atoms with Crippen LogP contribution < -0.4 is 0 Å². The molecule has 6 nitrogen and oxygen atoms in total. The molecule has 0 aliphatic rings. The van der Waals surface area contributed by atoms with Crippen LogP contribution in [0.15, 0.2) is 0 Å². The van der Waals surface area contributed by atoms with E-state index in [0.29, 0.717) is 39.6 Å². The molecule has 0 radical (unpaired) electrons. The smallest absolute Gasteiger partial charge is 0.396 e. The van der Waals surface area contributed by atoms with Crippen molar-refractivity contribution in [3.05, 3.63) is 29.7 Å². The van der Waals surface area contributed by atoms with Crippen LogP contribution in [-0.4, -0.2) is 70.3 Å². The number of aliphatic hydroxyl groups is 6. The molecule has 0 saturated carbocycles. The van der Waals surface area contributed by atoms with Crippen LogP contribution in [0.5, 0.6) is 0 Å². The van der Waals surface area contributed by atoms with E-state index in [9.17, 15) is 0 Å². The van der Waals surface area contributed by atoms with E-state index in [1.807, 2.05) is 41.5 Å². The van der Waals surface area contributed by atoms with Gasteiger partial charge in [0.25, 0.3) is 0 Å². The van der Waals surface area contributed by atoms with Gasteiger partial charge in [0.1, 0.15) is 0 Å². The van der Waals surface area contributed by atoms with Crippen molar-refractivity contribution in [2.45, 2.75) is 80.1 Å². The Hall–Kier alpha value is 1.14. The molecule has 0 aromatic carbocycles. The molecular weight excluding hydrogens is 728 g/mol. The first-order chi connectivity index (χ1) is 11.5. The van der Waals surface area contributed by atoms with Gasteiger partial charge in [-0.15, -0.1) is 0 Å². The third-order valence-corrected chi connectivity index (χ3v) is 1.34. The van der Waals surface area contributed by atoms with Gasteiger partial charge in [0.15, 0.2) is 0 Å². The van der Waals surface area contributed by atoms with Crippen LogP contribution in [0.1, 0.15) is 80.1 Å². The van der Waals surface area contributed by atoms with Crippen molar-refractivity contribution in [1.82, 2.24) is 0 Å². The molecular formula is C22H60O6W2. The first-order valence-electron chi connectivity index (χ1n) is 9.14. The fourth-order valence-electron chi connectivity index (χ4n) is 0. The summed E-state index contributed by atoms with van der Waals surface area (Å²) in [6.45, 7) is 13.5. The van der Waals surface area contributed by atoms with Gasteiger partial charge in [0, 0.05) is 39.6 Å². The van der Waals surface area contributed by atoms with Gasteiger partial charge in [-0.1, -0.05) is 41.5 Å². The van der Waals surface area contributed by atoms with Gasteiger partial charge >= 0.3 is 42.1 Å². The predicted octanol–water partition coefficient (Wildman–Crippen LogP) is 4.13. The summed E-state index contributed by atoms with van der Waals surface area (Å²) in [5, 5.41) is 47.2. The fourth-order valence-corrected chi connectivity index (χ4v) is 0. The third-order valence-electron chi connectivity index (χ3n) is 1.34. The monoisotopic (exact) mass is 788 g/mol. The van der Waals surface area contributed by atoms with Crippen molar-refractivity contribution in [3.63, 3.8) is 0 Å². The summed E-state index contributed by atoms with van der Waals surface area (Å²) < 4.78 is 0. The number of hydrogen-bond acceptors (Lipinski definition) is 6. The van der Waals surface area contributed by atoms with Crippen LogP contribution in [0, 0.1) is 29.7 Å². The summed E-state index contributed by atoms with van der Waals surface area (Å²) in [6.07, 6.45) is 5.25. The minimum atomic E-state index is 0. The van der Waals surface area contributed by atoms with Crippen molar-refractivity contribution in [3.8, 4) is 0 Å². The molecule has 0 aromatic rings. The Kier molecular flexibility index (Phi) is 382. The molecule has 0 atom stereocenters. The topological polar surface area (TPSA) is 121 Å². The molecule has 0 aliphatic heterocycles. The van der Waals surface area contributed by atoms with E-state index >= 15 is 0 Å². The summed E-state index contributed by atoms with van der Waals surface area (Å²) in [5.74, 6) is 0. The molecule has 0 aromatic heterocycles. The molecule has 6 N–H and O–H groups in total. The molecule has 0 bridgehead atoms. The second-order valence-electron chi connectivity index (χ2n) is 4.34.